The Balaban J connectivity index is 2.25. The van der Waals surface area contributed by atoms with Gasteiger partial charge in [0.15, 0.2) is 11.5 Å². The summed E-state index contributed by atoms with van der Waals surface area (Å²) in [6.07, 6.45) is 2.41. The number of imide groups is 1. The summed E-state index contributed by atoms with van der Waals surface area (Å²) in [5.74, 6) is -0.750. The highest BCUT2D eigenvalue weighted by Gasteiger charge is 2.36. The molecule has 1 atom stereocenters. The summed E-state index contributed by atoms with van der Waals surface area (Å²) < 4.78 is 11.1. The molecule has 0 radical (unpaired) electrons. The van der Waals surface area contributed by atoms with Gasteiger partial charge in [-0.3, -0.25) is 19.3 Å². The lowest BCUT2D eigenvalue weighted by molar-refractivity contribution is -0.140. The molecule has 1 aromatic rings. The molecule has 1 aliphatic heterocycles. The van der Waals surface area contributed by atoms with Gasteiger partial charge in [0.1, 0.15) is 6.54 Å². The molecule has 25 heavy (non-hydrogen) atoms. The Morgan fingerprint density at radius 2 is 2.08 bits per heavy atom. The van der Waals surface area contributed by atoms with Crippen molar-refractivity contribution < 1.29 is 29.0 Å². The van der Waals surface area contributed by atoms with Crippen LogP contribution in [0.4, 0.5) is 4.79 Å². The van der Waals surface area contributed by atoms with E-state index in [1.807, 2.05) is 13.8 Å². The average Bonchev–Trinajstić information content (AvgIpc) is 2.83. The van der Waals surface area contributed by atoms with Crippen LogP contribution in [0.3, 0.4) is 0 Å². The zero-order chi connectivity index (χ0) is 18.6. The summed E-state index contributed by atoms with van der Waals surface area (Å²) in [5, 5.41) is 8.18. The van der Waals surface area contributed by atoms with Crippen LogP contribution in [-0.4, -0.2) is 46.9 Å². The second-order valence-corrected chi connectivity index (χ2v) is 6.40. The number of methoxy groups -OCH3 is 1. The summed E-state index contributed by atoms with van der Waals surface area (Å²) in [7, 11) is 1.52. The minimum Gasteiger partial charge on any atom is -0.493 e. The van der Waals surface area contributed by atoms with Gasteiger partial charge in [-0.15, -0.1) is 0 Å². The second kappa shape index (κ2) is 8.06. The number of carbonyl (C=O) groups excluding carboxylic acids is 2. The smallest absolute Gasteiger partial charge is 0.323 e. The molecule has 1 aromatic carbocycles. The number of thioether (sulfide) groups is 1. The first-order valence-electron chi connectivity index (χ1n) is 7.67. The van der Waals surface area contributed by atoms with Crippen LogP contribution >= 0.6 is 11.8 Å². The highest BCUT2D eigenvalue weighted by atomic mass is 32.2. The molecule has 2 amide bonds. The molecule has 8 heteroatoms. The van der Waals surface area contributed by atoms with Gasteiger partial charge in [-0.1, -0.05) is 13.0 Å². The topological polar surface area (TPSA) is 93.1 Å². The van der Waals surface area contributed by atoms with Crippen molar-refractivity contribution in [3.05, 3.63) is 28.7 Å². The highest BCUT2D eigenvalue weighted by Crippen LogP contribution is 2.34. The van der Waals surface area contributed by atoms with E-state index in [1.165, 1.54) is 13.2 Å². The van der Waals surface area contributed by atoms with Gasteiger partial charge in [0.05, 0.1) is 18.1 Å². The van der Waals surface area contributed by atoms with Crippen molar-refractivity contribution in [3.8, 4) is 11.5 Å². The number of nitrogens with zero attached hydrogens (tertiary/aromatic N) is 1. The summed E-state index contributed by atoms with van der Waals surface area (Å²) >= 11 is 0.714. The number of amides is 2. The SMILES string of the molecule is CC[C@@H](C)Oc1ccc(/C=C2/SC(=O)N(CC(=O)O)C2=O)cc1OC. The quantitative estimate of drug-likeness (QED) is 0.742. The minimum absolute atomic E-state index is 0.0345. The van der Waals surface area contributed by atoms with Crippen molar-refractivity contribution in [2.24, 2.45) is 0 Å². The predicted molar refractivity (Wildman–Crippen MR) is 93.7 cm³/mol. The third-order valence-electron chi connectivity index (χ3n) is 3.56. The van der Waals surface area contributed by atoms with Crippen molar-refractivity contribution >= 4 is 35.0 Å². The van der Waals surface area contributed by atoms with Gasteiger partial charge in [0.2, 0.25) is 0 Å². The predicted octanol–water partition coefficient (Wildman–Crippen LogP) is 2.99. The van der Waals surface area contributed by atoms with Crippen LogP contribution in [0.1, 0.15) is 25.8 Å². The molecule has 7 nitrogen and oxygen atoms in total. The van der Waals surface area contributed by atoms with E-state index in [1.54, 1.807) is 18.2 Å². The van der Waals surface area contributed by atoms with Gasteiger partial charge >= 0.3 is 5.97 Å². The lowest BCUT2D eigenvalue weighted by Gasteiger charge is -2.15. The van der Waals surface area contributed by atoms with E-state index in [2.05, 4.69) is 0 Å². The lowest BCUT2D eigenvalue weighted by Crippen LogP contribution is -2.33. The first-order chi connectivity index (χ1) is 11.8. The maximum absolute atomic E-state index is 12.2. The fraction of sp³-hybridized carbons (Fsp3) is 0.353. The van der Waals surface area contributed by atoms with Crippen LogP contribution in [0, 0.1) is 0 Å². The first-order valence-corrected chi connectivity index (χ1v) is 8.49. The Hall–Kier alpha value is -2.48. The van der Waals surface area contributed by atoms with E-state index in [0.29, 0.717) is 33.7 Å². The van der Waals surface area contributed by atoms with Crippen LogP contribution in [0.15, 0.2) is 23.1 Å². The molecular formula is C17H19NO6S. The van der Waals surface area contributed by atoms with E-state index in [-0.39, 0.29) is 11.0 Å². The van der Waals surface area contributed by atoms with Gasteiger partial charge in [-0.25, -0.2) is 0 Å². The number of carboxylic acid groups (broad SMARTS) is 1. The van der Waals surface area contributed by atoms with Crippen molar-refractivity contribution in [3.63, 3.8) is 0 Å². The zero-order valence-electron chi connectivity index (χ0n) is 14.1. The van der Waals surface area contributed by atoms with E-state index in [4.69, 9.17) is 14.6 Å². The molecule has 1 fully saturated rings. The molecule has 2 rings (SSSR count). The number of aliphatic carboxylic acids is 1. The molecule has 134 valence electrons. The monoisotopic (exact) mass is 365 g/mol. The Bertz CT molecular complexity index is 730. The fourth-order valence-electron chi connectivity index (χ4n) is 2.09. The summed E-state index contributed by atoms with van der Waals surface area (Å²) in [6, 6.07) is 5.17. The van der Waals surface area contributed by atoms with Crippen LogP contribution in [0.25, 0.3) is 6.08 Å². The van der Waals surface area contributed by atoms with E-state index in [9.17, 15) is 14.4 Å². The van der Waals surface area contributed by atoms with Crippen LogP contribution in [0.5, 0.6) is 11.5 Å². The molecule has 0 aromatic heterocycles. The largest absolute Gasteiger partial charge is 0.493 e. The van der Waals surface area contributed by atoms with Gasteiger partial charge < -0.3 is 14.6 Å². The maximum Gasteiger partial charge on any atom is 0.323 e. The molecule has 0 bridgehead atoms. The number of carbonyl (C=O) groups is 3. The first kappa shape index (κ1) is 18.9. The summed E-state index contributed by atoms with van der Waals surface area (Å²) in [6.45, 7) is 3.32. The van der Waals surface area contributed by atoms with Crippen molar-refractivity contribution in [2.75, 3.05) is 13.7 Å². The molecule has 1 saturated heterocycles. The molecule has 0 unspecified atom stereocenters. The molecule has 0 saturated carbocycles. The normalized spacial score (nSPS) is 17.1. The third kappa shape index (κ3) is 4.54. The maximum atomic E-state index is 12.2. The Morgan fingerprint density at radius 3 is 2.68 bits per heavy atom. The highest BCUT2D eigenvalue weighted by molar-refractivity contribution is 8.18. The molecule has 1 N–H and O–H groups in total. The summed E-state index contributed by atoms with van der Waals surface area (Å²) in [4.78, 5) is 35.5. The number of ether oxygens (including phenoxy) is 2. The van der Waals surface area contributed by atoms with E-state index in [0.717, 1.165) is 6.42 Å². The van der Waals surface area contributed by atoms with Crippen molar-refractivity contribution in [1.29, 1.82) is 0 Å². The Morgan fingerprint density at radius 1 is 1.36 bits per heavy atom. The standard InChI is InChI=1S/C17H19NO6S/c1-4-10(2)24-12-6-5-11(7-13(12)23-3)8-14-16(21)18(9-15(19)20)17(22)25-14/h5-8,10H,4,9H2,1-3H3,(H,19,20)/b14-8+/t10-/m1/s1. The molecular weight excluding hydrogens is 346 g/mol. The molecule has 1 heterocycles. The van der Waals surface area contributed by atoms with E-state index < -0.39 is 23.7 Å². The van der Waals surface area contributed by atoms with Gasteiger partial charge in [-0.05, 0) is 48.9 Å². The van der Waals surface area contributed by atoms with Crippen molar-refractivity contribution in [1.82, 2.24) is 4.90 Å². The van der Waals surface area contributed by atoms with Crippen LogP contribution in [0.2, 0.25) is 0 Å². The number of hydrogen-bond donors (Lipinski definition) is 1. The zero-order valence-corrected chi connectivity index (χ0v) is 15.0. The fourth-order valence-corrected chi connectivity index (χ4v) is 2.93. The van der Waals surface area contributed by atoms with Crippen LogP contribution < -0.4 is 9.47 Å². The Labute approximate surface area is 149 Å². The van der Waals surface area contributed by atoms with Crippen molar-refractivity contribution in [2.45, 2.75) is 26.4 Å². The minimum atomic E-state index is -1.24. The van der Waals surface area contributed by atoms with Gasteiger partial charge in [0.25, 0.3) is 11.1 Å². The molecule has 0 spiro atoms. The number of rotatable bonds is 7. The number of hydrogen-bond acceptors (Lipinski definition) is 6. The van der Waals surface area contributed by atoms with E-state index >= 15 is 0 Å². The number of carboxylic acids is 1. The van der Waals surface area contributed by atoms with Crippen LogP contribution in [-0.2, 0) is 9.59 Å². The van der Waals surface area contributed by atoms with Gasteiger partial charge in [-0.2, -0.15) is 0 Å². The van der Waals surface area contributed by atoms with Gasteiger partial charge in [0, 0.05) is 0 Å². The molecule has 0 aliphatic carbocycles. The Kier molecular flexibility index (Phi) is 6.08. The average molecular weight is 365 g/mol. The summed E-state index contributed by atoms with van der Waals surface area (Å²) in [5.41, 5.74) is 0.647. The number of benzene rings is 1. The second-order valence-electron chi connectivity index (χ2n) is 5.41. The third-order valence-corrected chi connectivity index (χ3v) is 4.46. The lowest BCUT2D eigenvalue weighted by atomic mass is 10.1. The molecule has 1 aliphatic rings.